The van der Waals surface area contributed by atoms with Crippen molar-refractivity contribution in [2.24, 2.45) is 0 Å². The van der Waals surface area contributed by atoms with E-state index in [9.17, 15) is 9.90 Å². The predicted octanol–water partition coefficient (Wildman–Crippen LogP) is 3.88. The van der Waals surface area contributed by atoms with Crippen LogP contribution in [0.4, 0.5) is 5.69 Å². The number of halogens is 4. The van der Waals surface area contributed by atoms with E-state index in [2.05, 4.69) is 5.32 Å². The lowest BCUT2D eigenvalue weighted by atomic mass is 10.00. The van der Waals surface area contributed by atoms with Crippen LogP contribution in [0.1, 0.15) is 0 Å². The smallest absolute Gasteiger partial charge is 0.254 e. The molecule has 0 aliphatic heterocycles. The van der Waals surface area contributed by atoms with Crippen LogP contribution in [0.15, 0.2) is 47.0 Å². The molecule has 0 saturated carbocycles. The molecule has 1 aliphatic carbocycles. The Balaban J connectivity index is 2.23. The van der Waals surface area contributed by atoms with E-state index >= 15 is 0 Å². The maximum atomic E-state index is 12.1. The highest BCUT2D eigenvalue weighted by Crippen LogP contribution is 2.37. The zero-order chi connectivity index (χ0) is 14.9. The van der Waals surface area contributed by atoms with Crippen LogP contribution in [0.3, 0.4) is 0 Å². The van der Waals surface area contributed by atoms with E-state index in [1.54, 1.807) is 24.3 Å². The molecule has 2 N–H and O–H groups in total. The molecule has 106 valence electrons. The summed E-state index contributed by atoms with van der Waals surface area (Å²) in [5, 5.41) is 13.2. The monoisotopic (exact) mass is 351 g/mol. The molecule has 3 nitrogen and oxygen atoms in total. The van der Waals surface area contributed by atoms with Gasteiger partial charge in [0.15, 0.2) is 4.33 Å². The Morgan fingerprint density at radius 3 is 2.65 bits per heavy atom. The molecule has 1 atom stereocenters. The summed E-state index contributed by atoms with van der Waals surface area (Å²) < 4.78 is -1.65. The second kappa shape index (κ2) is 5.96. The number of allylic oxidation sites excluding steroid dienone is 2. The number of carbonyl (C=O) groups is 1. The third kappa shape index (κ3) is 3.48. The number of hydrogen-bond donors (Lipinski definition) is 2. The van der Waals surface area contributed by atoms with E-state index in [4.69, 9.17) is 46.4 Å². The predicted molar refractivity (Wildman–Crippen MR) is 82.5 cm³/mol. The van der Waals surface area contributed by atoms with Gasteiger partial charge in [0.2, 0.25) is 0 Å². The van der Waals surface area contributed by atoms with Gasteiger partial charge in [-0.15, -0.1) is 0 Å². The Labute approximate surface area is 135 Å². The van der Waals surface area contributed by atoms with Crippen molar-refractivity contribution in [1.82, 2.24) is 0 Å². The number of benzene rings is 1. The Morgan fingerprint density at radius 2 is 2.00 bits per heavy atom. The highest BCUT2D eigenvalue weighted by Gasteiger charge is 2.39. The zero-order valence-electron chi connectivity index (χ0n) is 9.91. The van der Waals surface area contributed by atoms with Gasteiger partial charge in [-0.3, -0.25) is 4.79 Å². The van der Waals surface area contributed by atoms with Gasteiger partial charge >= 0.3 is 0 Å². The summed E-state index contributed by atoms with van der Waals surface area (Å²) in [7, 11) is 0. The van der Waals surface area contributed by atoms with E-state index < -0.39 is 16.3 Å². The molecule has 0 heterocycles. The van der Waals surface area contributed by atoms with Crippen LogP contribution in [0.5, 0.6) is 0 Å². The molecule has 7 heteroatoms. The van der Waals surface area contributed by atoms with E-state index in [0.29, 0.717) is 10.7 Å². The van der Waals surface area contributed by atoms with Crippen LogP contribution in [0, 0.1) is 0 Å². The molecule has 1 aromatic carbocycles. The summed E-state index contributed by atoms with van der Waals surface area (Å²) >= 11 is 23.5. The molecular weight excluding hydrogens is 344 g/mol. The third-order valence-electron chi connectivity index (χ3n) is 2.63. The second-order valence-electron chi connectivity index (χ2n) is 4.17. The van der Waals surface area contributed by atoms with Crippen molar-refractivity contribution >= 4 is 58.0 Å². The number of hydrogen-bond acceptors (Lipinski definition) is 2. The lowest BCUT2D eigenvalue weighted by Crippen LogP contribution is -2.38. The summed E-state index contributed by atoms with van der Waals surface area (Å²) in [5.41, 5.74) is 0.457. The van der Waals surface area contributed by atoms with Crippen molar-refractivity contribution in [3.05, 3.63) is 52.0 Å². The average Bonchev–Trinajstić information content (AvgIpc) is 2.33. The molecule has 20 heavy (non-hydrogen) atoms. The summed E-state index contributed by atoms with van der Waals surface area (Å²) in [6.45, 7) is 0. The number of anilines is 1. The first-order valence-electron chi connectivity index (χ1n) is 5.52. The molecule has 0 fully saturated rings. The maximum absolute atomic E-state index is 12.1. The standard InChI is InChI=1S/C13H9Cl4NO2/c14-7-2-1-3-9(4-7)18-12(20)10-5-8(15)6-13(16,17)11(10)19/h1-6,11,19H,(H,18,20). The number of alkyl halides is 2. The van der Waals surface area contributed by atoms with Crippen molar-refractivity contribution in [3.63, 3.8) is 0 Å². The number of amides is 1. The fourth-order valence-corrected chi connectivity index (χ4v) is 2.76. The van der Waals surface area contributed by atoms with Crippen LogP contribution < -0.4 is 5.32 Å². The highest BCUT2D eigenvalue weighted by molar-refractivity contribution is 6.51. The van der Waals surface area contributed by atoms with Crippen LogP contribution in [0.2, 0.25) is 5.02 Å². The van der Waals surface area contributed by atoms with Crippen LogP contribution in [0.25, 0.3) is 0 Å². The number of rotatable bonds is 2. The molecule has 0 spiro atoms. The minimum Gasteiger partial charge on any atom is -0.385 e. The Kier molecular flexibility index (Phi) is 4.67. The fraction of sp³-hybridized carbons (Fsp3) is 0.154. The largest absolute Gasteiger partial charge is 0.385 e. The molecule has 1 aliphatic rings. The van der Waals surface area contributed by atoms with Gasteiger partial charge in [-0.05, 0) is 30.4 Å². The van der Waals surface area contributed by atoms with E-state index in [1.807, 2.05) is 0 Å². The van der Waals surface area contributed by atoms with Crippen LogP contribution in [-0.2, 0) is 4.79 Å². The number of carbonyl (C=O) groups excluding carboxylic acids is 1. The molecule has 1 aromatic rings. The lowest BCUT2D eigenvalue weighted by molar-refractivity contribution is -0.113. The summed E-state index contributed by atoms with van der Waals surface area (Å²) in [6.07, 6.45) is 1.20. The Hall–Kier alpha value is -0.710. The zero-order valence-corrected chi connectivity index (χ0v) is 12.9. The first-order chi connectivity index (χ1) is 9.29. The average molecular weight is 353 g/mol. The van der Waals surface area contributed by atoms with Gasteiger partial charge in [0.25, 0.3) is 5.91 Å². The van der Waals surface area contributed by atoms with E-state index in [1.165, 1.54) is 12.2 Å². The van der Waals surface area contributed by atoms with Gasteiger partial charge in [-0.25, -0.2) is 0 Å². The topological polar surface area (TPSA) is 49.3 Å². The molecule has 2 rings (SSSR count). The first-order valence-corrected chi connectivity index (χ1v) is 7.03. The number of aliphatic hydroxyl groups excluding tert-OH is 1. The van der Waals surface area contributed by atoms with Crippen molar-refractivity contribution < 1.29 is 9.90 Å². The second-order valence-corrected chi connectivity index (χ2v) is 6.49. The normalized spacial score (nSPS) is 20.9. The first kappa shape index (κ1) is 15.7. The minimum absolute atomic E-state index is 0.0255. The van der Waals surface area contributed by atoms with Crippen molar-refractivity contribution in [2.45, 2.75) is 10.4 Å². The minimum atomic E-state index is -1.65. The summed E-state index contributed by atoms with van der Waals surface area (Å²) in [6, 6.07) is 6.59. The van der Waals surface area contributed by atoms with Crippen molar-refractivity contribution in [3.8, 4) is 0 Å². The molecule has 1 amide bonds. The summed E-state index contributed by atoms with van der Waals surface area (Å²) in [5.74, 6) is -0.559. The molecule has 0 saturated heterocycles. The third-order valence-corrected chi connectivity index (χ3v) is 3.71. The summed E-state index contributed by atoms with van der Waals surface area (Å²) in [4.78, 5) is 12.1. The van der Waals surface area contributed by atoms with Gasteiger partial charge < -0.3 is 10.4 Å². The van der Waals surface area contributed by atoms with Crippen LogP contribution in [-0.4, -0.2) is 21.5 Å². The molecule has 1 unspecified atom stereocenters. The van der Waals surface area contributed by atoms with Gasteiger partial charge in [-0.1, -0.05) is 52.5 Å². The quantitative estimate of drug-likeness (QED) is 0.793. The van der Waals surface area contributed by atoms with E-state index in [0.717, 1.165) is 0 Å². The van der Waals surface area contributed by atoms with E-state index in [-0.39, 0.29) is 10.6 Å². The molecular formula is C13H9Cl4NO2. The maximum Gasteiger partial charge on any atom is 0.254 e. The van der Waals surface area contributed by atoms with Gasteiger partial charge in [0.05, 0.1) is 5.57 Å². The van der Waals surface area contributed by atoms with Gasteiger partial charge in [0.1, 0.15) is 6.10 Å². The SMILES string of the molecule is O=C(Nc1cccc(Cl)c1)C1=CC(Cl)=CC(Cl)(Cl)C1O. The molecule has 0 radical (unpaired) electrons. The number of nitrogens with one attached hydrogen (secondary N) is 1. The Morgan fingerprint density at radius 1 is 1.30 bits per heavy atom. The highest BCUT2D eigenvalue weighted by atomic mass is 35.5. The number of aliphatic hydroxyl groups is 1. The molecule has 0 bridgehead atoms. The Bertz CT molecular complexity index is 610. The lowest BCUT2D eigenvalue weighted by Gasteiger charge is -2.27. The van der Waals surface area contributed by atoms with Crippen molar-refractivity contribution in [1.29, 1.82) is 0 Å². The fourth-order valence-electron chi connectivity index (χ4n) is 1.70. The van der Waals surface area contributed by atoms with Gasteiger partial charge in [-0.2, -0.15) is 0 Å². The molecule has 0 aromatic heterocycles. The van der Waals surface area contributed by atoms with Crippen molar-refractivity contribution in [2.75, 3.05) is 5.32 Å². The van der Waals surface area contributed by atoms with Gasteiger partial charge in [0, 0.05) is 15.7 Å². The van der Waals surface area contributed by atoms with Crippen LogP contribution >= 0.6 is 46.4 Å².